The molecule has 3 heterocycles. The number of hydrogen-bond donors (Lipinski definition) is 1. The van der Waals surface area contributed by atoms with Crippen molar-refractivity contribution in [3.63, 3.8) is 0 Å². The molecule has 8 heteroatoms. The van der Waals surface area contributed by atoms with Gasteiger partial charge >= 0.3 is 6.09 Å². The van der Waals surface area contributed by atoms with Crippen molar-refractivity contribution in [3.05, 3.63) is 75.7 Å². The van der Waals surface area contributed by atoms with Gasteiger partial charge in [0.2, 0.25) is 5.91 Å². The number of benzene rings is 2. The first-order valence-electron chi connectivity index (χ1n) is 10.7. The fourth-order valence-corrected chi connectivity index (χ4v) is 5.57. The summed E-state index contributed by atoms with van der Waals surface area (Å²) in [5, 5.41) is 13.4. The van der Waals surface area contributed by atoms with Crippen molar-refractivity contribution >= 4 is 28.3 Å². The highest BCUT2D eigenvalue weighted by molar-refractivity contribution is 7.16. The van der Waals surface area contributed by atoms with E-state index >= 15 is 0 Å². The van der Waals surface area contributed by atoms with Crippen molar-refractivity contribution in [2.75, 3.05) is 18.5 Å². The Morgan fingerprint density at radius 2 is 1.85 bits per heavy atom. The second-order valence-electron chi connectivity index (χ2n) is 7.79. The van der Waals surface area contributed by atoms with Crippen LogP contribution in [0.15, 0.2) is 48.5 Å². The van der Waals surface area contributed by atoms with Gasteiger partial charge in [0.05, 0.1) is 24.6 Å². The van der Waals surface area contributed by atoms with E-state index in [1.807, 2.05) is 48.5 Å². The van der Waals surface area contributed by atoms with Crippen LogP contribution in [0.2, 0.25) is 0 Å². The molecule has 2 aromatic carbocycles. The van der Waals surface area contributed by atoms with E-state index in [9.17, 15) is 14.9 Å². The molecule has 7 nitrogen and oxygen atoms in total. The molecule has 2 aliphatic heterocycles. The molecular formula is C25H21N3O4S. The lowest BCUT2D eigenvalue weighted by Gasteiger charge is -2.27. The van der Waals surface area contributed by atoms with Gasteiger partial charge in [-0.3, -0.25) is 4.79 Å². The molecule has 3 aromatic rings. The third-order valence-corrected chi connectivity index (χ3v) is 7.01. The Bertz CT molecular complexity index is 1250. The van der Waals surface area contributed by atoms with E-state index in [1.54, 1.807) is 11.8 Å². The summed E-state index contributed by atoms with van der Waals surface area (Å²) >= 11 is 1.35. The number of fused-ring (bicyclic) bond motifs is 3. The number of nitrogens with zero attached hydrogens (tertiary/aromatic N) is 2. The van der Waals surface area contributed by atoms with Crippen LogP contribution in [0.4, 0.5) is 9.80 Å². The lowest BCUT2D eigenvalue weighted by Crippen LogP contribution is -2.35. The van der Waals surface area contributed by atoms with Gasteiger partial charge < -0.3 is 19.7 Å². The minimum Gasteiger partial charge on any atom is -0.457 e. The average molecular weight is 460 g/mol. The Morgan fingerprint density at radius 3 is 2.48 bits per heavy atom. The number of nitrogens with one attached hydrogen (secondary N) is 1. The Hall–Kier alpha value is -3.83. The fraction of sp³-hybridized carbons (Fsp3) is 0.240. The molecule has 5 rings (SSSR count). The maximum Gasteiger partial charge on any atom is 0.410 e. The lowest BCUT2D eigenvalue weighted by atomic mass is 9.87. The highest BCUT2D eigenvalue weighted by Crippen LogP contribution is 2.45. The molecule has 0 unspecified atom stereocenters. The second kappa shape index (κ2) is 8.60. The predicted octanol–water partition coefficient (Wildman–Crippen LogP) is 5.01. The number of hydrogen-bond acceptors (Lipinski definition) is 6. The molecule has 0 spiro atoms. The summed E-state index contributed by atoms with van der Waals surface area (Å²) in [7, 11) is 0. The number of amides is 2. The summed E-state index contributed by atoms with van der Waals surface area (Å²) in [4.78, 5) is 28.2. The summed E-state index contributed by atoms with van der Waals surface area (Å²) in [6.45, 7) is 2.93. The zero-order valence-corrected chi connectivity index (χ0v) is 18.8. The number of nitriles is 1. The van der Waals surface area contributed by atoms with Gasteiger partial charge in [-0.2, -0.15) is 5.26 Å². The number of rotatable bonds is 3. The molecule has 0 fully saturated rings. The van der Waals surface area contributed by atoms with Crippen LogP contribution in [-0.2, 0) is 22.5 Å². The van der Waals surface area contributed by atoms with Gasteiger partial charge in [-0.1, -0.05) is 36.4 Å². The molecule has 1 N–H and O–H groups in total. The number of para-hydroxylation sites is 2. The van der Waals surface area contributed by atoms with E-state index in [2.05, 4.69) is 11.4 Å². The van der Waals surface area contributed by atoms with Crippen LogP contribution in [0, 0.1) is 11.3 Å². The summed E-state index contributed by atoms with van der Waals surface area (Å²) in [5.41, 5.74) is 2.93. The summed E-state index contributed by atoms with van der Waals surface area (Å²) < 4.78 is 11.1. The maximum absolute atomic E-state index is 13.6. The normalized spacial score (nSPS) is 14.2. The van der Waals surface area contributed by atoms with Crippen molar-refractivity contribution in [3.8, 4) is 17.6 Å². The van der Waals surface area contributed by atoms with Crippen LogP contribution < -0.4 is 10.1 Å². The molecule has 0 aliphatic carbocycles. The molecule has 2 aliphatic rings. The van der Waals surface area contributed by atoms with E-state index in [-0.39, 0.29) is 12.0 Å². The summed E-state index contributed by atoms with van der Waals surface area (Å²) in [5.74, 6) is 0.503. The third kappa shape index (κ3) is 3.70. The van der Waals surface area contributed by atoms with Crippen molar-refractivity contribution < 1.29 is 19.1 Å². The molecule has 0 bridgehead atoms. The third-order valence-electron chi connectivity index (χ3n) is 5.87. The van der Waals surface area contributed by atoms with Crippen LogP contribution in [0.3, 0.4) is 0 Å². The Kier molecular flexibility index (Phi) is 5.48. The zero-order chi connectivity index (χ0) is 22.9. The fourth-order valence-electron chi connectivity index (χ4n) is 4.36. The van der Waals surface area contributed by atoms with Gasteiger partial charge in [0.1, 0.15) is 22.6 Å². The predicted molar refractivity (Wildman–Crippen MR) is 124 cm³/mol. The van der Waals surface area contributed by atoms with Crippen LogP contribution in [0.1, 0.15) is 40.0 Å². The standard InChI is InChI=1S/C25H21N3O4S/c1-2-31-25(30)28-12-11-15-18(13-26)24(33-21(15)14-28)27-23(29)22-16-7-3-5-9-19(16)32-20-10-6-4-8-17(20)22/h3-10,22H,2,11-12,14H2,1H3,(H,27,29). The van der Waals surface area contributed by atoms with E-state index in [4.69, 9.17) is 9.47 Å². The van der Waals surface area contributed by atoms with Crippen LogP contribution in [0.25, 0.3) is 0 Å². The van der Waals surface area contributed by atoms with Gasteiger partial charge in [-0.25, -0.2) is 4.79 Å². The molecule has 33 heavy (non-hydrogen) atoms. The molecular weight excluding hydrogens is 438 g/mol. The monoisotopic (exact) mass is 459 g/mol. The number of carbonyl (C=O) groups excluding carboxylic acids is 2. The first kappa shape index (κ1) is 21.0. The first-order valence-corrected chi connectivity index (χ1v) is 11.5. The summed E-state index contributed by atoms with van der Waals surface area (Å²) in [6, 6.07) is 17.2. The first-order chi connectivity index (χ1) is 16.1. The molecule has 1 aromatic heterocycles. The second-order valence-corrected chi connectivity index (χ2v) is 8.90. The summed E-state index contributed by atoms with van der Waals surface area (Å²) in [6.07, 6.45) is 0.183. The van der Waals surface area contributed by atoms with E-state index in [1.165, 1.54) is 11.3 Å². The largest absolute Gasteiger partial charge is 0.457 e. The quantitative estimate of drug-likeness (QED) is 0.594. The number of carbonyl (C=O) groups is 2. The Labute approximate surface area is 195 Å². The van der Waals surface area contributed by atoms with E-state index in [0.717, 1.165) is 21.6 Å². The number of anilines is 1. The van der Waals surface area contributed by atoms with Gasteiger partial charge in [0.25, 0.3) is 0 Å². The number of thiophene rings is 1. The SMILES string of the molecule is CCOC(=O)N1CCc2c(sc(NC(=O)C3c4ccccc4Oc4ccccc43)c2C#N)C1. The van der Waals surface area contributed by atoms with Crippen molar-refractivity contribution in [1.29, 1.82) is 5.26 Å². The molecule has 0 radical (unpaired) electrons. The smallest absolute Gasteiger partial charge is 0.410 e. The number of ether oxygens (including phenoxy) is 2. The minimum absolute atomic E-state index is 0.226. The van der Waals surface area contributed by atoms with Crippen molar-refractivity contribution in [1.82, 2.24) is 4.90 Å². The van der Waals surface area contributed by atoms with E-state index < -0.39 is 5.92 Å². The van der Waals surface area contributed by atoms with E-state index in [0.29, 0.717) is 48.2 Å². The Morgan fingerprint density at radius 1 is 1.18 bits per heavy atom. The maximum atomic E-state index is 13.6. The molecule has 0 atom stereocenters. The Balaban J connectivity index is 1.46. The molecule has 166 valence electrons. The molecule has 2 amide bonds. The molecule has 0 saturated carbocycles. The van der Waals surface area contributed by atoms with Crippen molar-refractivity contribution in [2.24, 2.45) is 0 Å². The van der Waals surface area contributed by atoms with Gasteiger partial charge in [0, 0.05) is 22.5 Å². The molecule has 0 saturated heterocycles. The van der Waals surface area contributed by atoms with Crippen LogP contribution in [-0.4, -0.2) is 30.1 Å². The van der Waals surface area contributed by atoms with Crippen molar-refractivity contribution in [2.45, 2.75) is 25.8 Å². The van der Waals surface area contributed by atoms with Gasteiger partial charge in [-0.15, -0.1) is 11.3 Å². The topological polar surface area (TPSA) is 91.7 Å². The van der Waals surface area contributed by atoms with Crippen LogP contribution in [0.5, 0.6) is 11.5 Å². The highest BCUT2D eigenvalue weighted by Gasteiger charge is 2.34. The van der Waals surface area contributed by atoms with Gasteiger partial charge in [0.15, 0.2) is 0 Å². The van der Waals surface area contributed by atoms with Crippen LogP contribution >= 0.6 is 11.3 Å². The lowest BCUT2D eigenvalue weighted by molar-refractivity contribution is -0.116. The van der Waals surface area contributed by atoms with Gasteiger partial charge in [-0.05, 0) is 31.0 Å². The average Bonchev–Trinajstić information content (AvgIpc) is 3.18. The zero-order valence-electron chi connectivity index (χ0n) is 18.0. The minimum atomic E-state index is -0.562. The highest BCUT2D eigenvalue weighted by atomic mass is 32.1.